The van der Waals surface area contributed by atoms with Crippen molar-refractivity contribution < 1.29 is 4.79 Å². The predicted octanol–water partition coefficient (Wildman–Crippen LogP) is 3.80. The van der Waals surface area contributed by atoms with Gasteiger partial charge in [0.1, 0.15) is 0 Å². The van der Waals surface area contributed by atoms with E-state index in [0.717, 1.165) is 66.3 Å². The van der Waals surface area contributed by atoms with Crippen LogP contribution in [0.1, 0.15) is 44.1 Å². The van der Waals surface area contributed by atoms with Crippen LogP contribution in [0.15, 0.2) is 12.1 Å². The Morgan fingerprint density at radius 2 is 1.96 bits per heavy atom. The van der Waals surface area contributed by atoms with Gasteiger partial charge in [0.25, 0.3) is 0 Å². The van der Waals surface area contributed by atoms with Gasteiger partial charge in [-0.05, 0) is 50.3 Å². The average molecular weight is 361 g/mol. The fourth-order valence-corrected chi connectivity index (χ4v) is 4.18. The Balaban J connectivity index is 1.39. The summed E-state index contributed by atoms with van der Waals surface area (Å²) in [5.74, 6) is 1.27. The molecule has 1 saturated carbocycles. The smallest absolute Gasteiger partial charge is 0.223 e. The van der Waals surface area contributed by atoms with Gasteiger partial charge < -0.3 is 15.2 Å². The van der Waals surface area contributed by atoms with Gasteiger partial charge in [-0.15, -0.1) is 0 Å². The maximum absolute atomic E-state index is 12.4. The molecule has 2 aromatic rings. The standard InChI is InChI=1S/C19H25ClN4O/c1-12-10-16-17(11-15(12)20)23-19(22-16)24-8-6-13(7-9-24)18(25)21-14-4-2-3-5-14/h10-11,13-14H,2-9H2,1H3,(H,21,25)(H,22,23). The van der Waals surface area contributed by atoms with Gasteiger partial charge in [-0.2, -0.15) is 0 Å². The second-order valence-electron chi connectivity index (χ2n) is 7.43. The molecular weight excluding hydrogens is 336 g/mol. The van der Waals surface area contributed by atoms with Crippen LogP contribution < -0.4 is 10.2 Å². The van der Waals surface area contributed by atoms with E-state index in [0.29, 0.717) is 6.04 Å². The summed E-state index contributed by atoms with van der Waals surface area (Å²) in [6, 6.07) is 4.36. The molecule has 0 atom stereocenters. The number of hydrogen-bond donors (Lipinski definition) is 2. The molecule has 2 fully saturated rings. The normalized spacial score (nSPS) is 19.7. The number of aryl methyl sites for hydroxylation is 1. The second-order valence-corrected chi connectivity index (χ2v) is 7.84. The van der Waals surface area contributed by atoms with E-state index in [-0.39, 0.29) is 11.8 Å². The van der Waals surface area contributed by atoms with Crippen LogP contribution in [0.3, 0.4) is 0 Å². The van der Waals surface area contributed by atoms with Crippen molar-refractivity contribution in [3.63, 3.8) is 0 Å². The van der Waals surface area contributed by atoms with Crippen molar-refractivity contribution in [1.82, 2.24) is 15.3 Å². The van der Waals surface area contributed by atoms with Gasteiger partial charge in [-0.25, -0.2) is 4.98 Å². The van der Waals surface area contributed by atoms with Gasteiger partial charge in [0, 0.05) is 30.1 Å². The monoisotopic (exact) mass is 360 g/mol. The highest BCUT2D eigenvalue weighted by molar-refractivity contribution is 6.32. The number of carbonyl (C=O) groups excluding carboxylic acids is 1. The Morgan fingerprint density at radius 3 is 2.68 bits per heavy atom. The van der Waals surface area contributed by atoms with Crippen LogP contribution in [-0.4, -0.2) is 35.0 Å². The van der Waals surface area contributed by atoms with E-state index in [2.05, 4.69) is 20.2 Å². The molecule has 1 amide bonds. The van der Waals surface area contributed by atoms with E-state index in [1.807, 2.05) is 19.1 Å². The third kappa shape index (κ3) is 3.47. The zero-order valence-electron chi connectivity index (χ0n) is 14.6. The summed E-state index contributed by atoms with van der Waals surface area (Å²) in [7, 11) is 0. The minimum atomic E-state index is 0.137. The molecule has 0 radical (unpaired) electrons. The highest BCUT2D eigenvalue weighted by Crippen LogP contribution is 2.27. The van der Waals surface area contributed by atoms with E-state index in [1.54, 1.807) is 0 Å². The van der Waals surface area contributed by atoms with Gasteiger partial charge in [-0.3, -0.25) is 4.79 Å². The highest BCUT2D eigenvalue weighted by Gasteiger charge is 2.28. The Kier molecular flexibility index (Phi) is 4.59. The van der Waals surface area contributed by atoms with Crippen LogP contribution in [0.4, 0.5) is 5.95 Å². The molecule has 2 aliphatic rings. The van der Waals surface area contributed by atoms with Crippen molar-refractivity contribution in [2.75, 3.05) is 18.0 Å². The van der Waals surface area contributed by atoms with E-state index in [4.69, 9.17) is 11.6 Å². The van der Waals surface area contributed by atoms with Crippen LogP contribution >= 0.6 is 11.6 Å². The SMILES string of the molecule is Cc1cc2[nH]c(N3CCC(C(=O)NC4CCCC4)CC3)nc2cc1Cl. The third-order valence-electron chi connectivity index (χ3n) is 5.62. The van der Waals surface area contributed by atoms with Crippen LogP contribution in [0.2, 0.25) is 5.02 Å². The number of piperidine rings is 1. The number of aromatic amines is 1. The second kappa shape index (κ2) is 6.87. The van der Waals surface area contributed by atoms with Crippen molar-refractivity contribution in [2.24, 2.45) is 5.92 Å². The Morgan fingerprint density at radius 1 is 1.24 bits per heavy atom. The van der Waals surface area contributed by atoms with Crippen LogP contribution in [-0.2, 0) is 4.79 Å². The highest BCUT2D eigenvalue weighted by atomic mass is 35.5. The lowest BCUT2D eigenvalue weighted by Crippen LogP contribution is -2.43. The van der Waals surface area contributed by atoms with Gasteiger partial charge in [0.15, 0.2) is 0 Å². The Labute approximate surface area is 153 Å². The molecule has 0 spiro atoms. The van der Waals surface area contributed by atoms with E-state index in [1.165, 1.54) is 12.8 Å². The van der Waals surface area contributed by atoms with E-state index >= 15 is 0 Å². The minimum absolute atomic E-state index is 0.137. The largest absolute Gasteiger partial charge is 0.353 e. The van der Waals surface area contributed by atoms with Gasteiger partial charge in [-0.1, -0.05) is 24.4 Å². The number of hydrogen-bond acceptors (Lipinski definition) is 3. The van der Waals surface area contributed by atoms with Crippen molar-refractivity contribution >= 4 is 34.5 Å². The number of H-pyrrole nitrogens is 1. The van der Waals surface area contributed by atoms with Gasteiger partial charge in [0.05, 0.1) is 11.0 Å². The molecule has 2 heterocycles. The quantitative estimate of drug-likeness (QED) is 0.875. The number of fused-ring (bicyclic) bond motifs is 1. The maximum Gasteiger partial charge on any atom is 0.223 e. The molecule has 1 aliphatic heterocycles. The number of amides is 1. The summed E-state index contributed by atoms with van der Waals surface area (Å²) in [5.41, 5.74) is 2.95. The van der Waals surface area contributed by atoms with Gasteiger partial charge in [0.2, 0.25) is 11.9 Å². The number of nitrogens with zero attached hydrogens (tertiary/aromatic N) is 2. The summed E-state index contributed by atoms with van der Waals surface area (Å²) in [6.07, 6.45) is 6.56. The molecule has 1 aromatic heterocycles. The summed E-state index contributed by atoms with van der Waals surface area (Å²) < 4.78 is 0. The molecule has 4 rings (SSSR count). The molecule has 0 unspecified atom stereocenters. The molecule has 6 heteroatoms. The lowest BCUT2D eigenvalue weighted by atomic mass is 9.95. The van der Waals surface area contributed by atoms with Crippen molar-refractivity contribution in [3.8, 4) is 0 Å². The molecule has 134 valence electrons. The first-order valence-electron chi connectivity index (χ1n) is 9.31. The molecule has 1 saturated heterocycles. The number of imidazole rings is 1. The van der Waals surface area contributed by atoms with Crippen molar-refractivity contribution in [2.45, 2.75) is 51.5 Å². The number of rotatable bonds is 3. The number of carbonyl (C=O) groups is 1. The Hall–Kier alpha value is -1.75. The number of nitrogens with one attached hydrogen (secondary N) is 2. The molecule has 2 N–H and O–H groups in total. The summed E-state index contributed by atoms with van der Waals surface area (Å²) in [6.45, 7) is 3.71. The molecule has 25 heavy (non-hydrogen) atoms. The number of aromatic nitrogens is 2. The maximum atomic E-state index is 12.4. The zero-order chi connectivity index (χ0) is 17.4. The fraction of sp³-hybridized carbons (Fsp3) is 0.579. The van der Waals surface area contributed by atoms with Gasteiger partial charge >= 0.3 is 0 Å². The number of halogens is 1. The van der Waals surface area contributed by atoms with Crippen molar-refractivity contribution in [3.05, 3.63) is 22.7 Å². The first-order chi connectivity index (χ1) is 12.1. The zero-order valence-corrected chi connectivity index (χ0v) is 15.4. The predicted molar refractivity (Wildman–Crippen MR) is 101 cm³/mol. The van der Waals surface area contributed by atoms with Crippen LogP contribution in [0, 0.1) is 12.8 Å². The lowest BCUT2D eigenvalue weighted by molar-refractivity contribution is -0.126. The molecule has 5 nitrogen and oxygen atoms in total. The lowest BCUT2D eigenvalue weighted by Gasteiger charge is -2.31. The number of anilines is 1. The third-order valence-corrected chi connectivity index (χ3v) is 6.02. The first kappa shape index (κ1) is 16.7. The summed E-state index contributed by atoms with van der Waals surface area (Å²) in [5, 5.41) is 3.98. The fourth-order valence-electron chi connectivity index (χ4n) is 4.02. The first-order valence-corrected chi connectivity index (χ1v) is 9.69. The van der Waals surface area contributed by atoms with E-state index in [9.17, 15) is 4.79 Å². The summed E-state index contributed by atoms with van der Waals surface area (Å²) >= 11 is 6.19. The van der Waals surface area contributed by atoms with Crippen molar-refractivity contribution in [1.29, 1.82) is 0 Å². The minimum Gasteiger partial charge on any atom is -0.353 e. The molecule has 1 aliphatic carbocycles. The molecule has 0 bridgehead atoms. The average Bonchev–Trinajstić information content (AvgIpc) is 3.25. The Bertz CT molecular complexity index is 734. The molecule has 1 aromatic carbocycles. The topological polar surface area (TPSA) is 61.0 Å². The van der Waals surface area contributed by atoms with Crippen LogP contribution in [0.25, 0.3) is 11.0 Å². The van der Waals surface area contributed by atoms with E-state index < -0.39 is 0 Å². The summed E-state index contributed by atoms with van der Waals surface area (Å²) in [4.78, 5) is 22.8. The molecular formula is C19H25ClN4O. The number of benzene rings is 1. The van der Waals surface area contributed by atoms with Crippen LogP contribution in [0.5, 0.6) is 0 Å².